The average Bonchev–Trinajstić information content (AvgIpc) is 2.98. The molecule has 0 aliphatic carbocycles. The Kier molecular flexibility index (Phi) is 10.5. The highest BCUT2D eigenvalue weighted by atomic mass is 35.5. The lowest BCUT2D eigenvalue weighted by Gasteiger charge is -2.34. The summed E-state index contributed by atoms with van der Waals surface area (Å²) in [6, 6.07) is 26.6. The normalized spacial score (nSPS) is 11.9. The molecule has 10 heteroatoms. The number of hydrogen-bond donors (Lipinski definition) is 1. The molecule has 7 nitrogen and oxygen atoms in total. The fourth-order valence-electron chi connectivity index (χ4n) is 4.70. The molecule has 0 unspecified atom stereocenters. The van der Waals surface area contributed by atoms with Crippen molar-refractivity contribution < 1.29 is 18.0 Å². The average molecular weight is 639 g/mol. The van der Waals surface area contributed by atoms with E-state index >= 15 is 0 Å². The van der Waals surface area contributed by atoms with Gasteiger partial charge in [-0.05, 0) is 66.9 Å². The Morgan fingerprint density at radius 3 is 2.16 bits per heavy atom. The van der Waals surface area contributed by atoms with E-state index in [1.807, 2.05) is 50.2 Å². The molecule has 0 bridgehead atoms. The lowest BCUT2D eigenvalue weighted by atomic mass is 10.0. The van der Waals surface area contributed by atoms with Crippen molar-refractivity contribution in [2.45, 2.75) is 37.8 Å². The Hall–Kier alpha value is -3.85. The minimum Gasteiger partial charge on any atom is -0.357 e. The van der Waals surface area contributed by atoms with E-state index in [4.69, 9.17) is 23.2 Å². The van der Waals surface area contributed by atoms with Gasteiger partial charge < -0.3 is 10.2 Å². The predicted octanol–water partition coefficient (Wildman–Crippen LogP) is 6.19. The molecule has 0 saturated heterocycles. The number of likely N-dealkylation sites (N-methyl/N-ethyl adjacent to an activating group) is 1. The van der Waals surface area contributed by atoms with Gasteiger partial charge in [0.25, 0.3) is 10.0 Å². The van der Waals surface area contributed by atoms with E-state index in [0.717, 1.165) is 21.0 Å². The smallest absolute Gasteiger partial charge is 0.264 e. The van der Waals surface area contributed by atoms with Crippen molar-refractivity contribution in [2.24, 2.45) is 0 Å². The Labute approximate surface area is 263 Å². The van der Waals surface area contributed by atoms with E-state index in [1.165, 1.54) is 24.1 Å². The van der Waals surface area contributed by atoms with Gasteiger partial charge in [-0.15, -0.1) is 0 Å². The second-order valence-corrected chi connectivity index (χ2v) is 12.9. The van der Waals surface area contributed by atoms with Crippen LogP contribution in [0.4, 0.5) is 5.69 Å². The number of halogens is 2. The number of hydrogen-bond acceptors (Lipinski definition) is 4. The van der Waals surface area contributed by atoms with Crippen molar-refractivity contribution in [1.82, 2.24) is 10.2 Å². The first-order valence-corrected chi connectivity index (χ1v) is 15.8. The van der Waals surface area contributed by atoms with E-state index in [1.54, 1.807) is 48.5 Å². The van der Waals surface area contributed by atoms with Crippen LogP contribution in [0.15, 0.2) is 102 Å². The number of benzene rings is 4. The van der Waals surface area contributed by atoms with Crippen LogP contribution < -0.4 is 9.62 Å². The summed E-state index contributed by atoms with van der Waals surface area (Å²) in [5, 5.41) is 3.41. The molecule has 0 aliphatic heterocycles. The minimum absolute atomic E-state index is 0.0480. The summed E-state index contributed by atoms with van der Waals surface area (Å²) in [7, 11) is -2.67. The van der Waals surface area contributed by atoms with E-state index in [0.29, 0.717) is 21.3 Å². The SMILES string of the molecule is CNC(=O)[C@H](Cc1ccccc1)N(Cc1ccc(Cl)cc1Cl)C(=O)CN(c1cccc(C)c1)S(=O)(=O)c1ccc(C)cc1. The van der Waals surface area contributed by atoms with E-state index < -0.39 is 34.4 Å². The van der Waals surface area contributed by atoms with Crippen LogP contribution in [0, 0.1) is 13.8 Å². The quantitative estimate of drug-likeness (QED) is 0.212. The standard InChI is InChI=1S/C33H33Cl2N3O4S/c1-23-12-16-29(17-13-23)43(41,42)38(28-11-7-8-24(2)18-28)22-32(39)37(21-26-14-15-27(34)20-30(26)35)31(33(40)36-3)19-25-9-5-4-6-10-25/h4-18,20,31H,19,21-22H2,1-3H3,(H,36,40)/t31-/m0/s1. The van der Waals surface area contributed by atoms with Crippen molar-refractivity contribution in [2.75, 3.05) is 17.9 Å². The van der Waals surface area contributed by atoms with Crippen molar-refractivity contribution in [3.05, 3.63) is 129 Å². The molecule has 1 atom stereocenters. The van der Waals surface area contributed by atoms with Crippen LogP contribution >= 0.6 is 23.2 Å². The number of carbonyl (C=O) groups is 2. The Balaban J connectivity index is 1.81. The summed E-state index contributed by atoms with van der Waals surface area (Å²) in [5.74, 6) is -0.974. The van der Waals surface area contributed by atoms with Gasteiger partial charge in [0, 0.05) is 30.1 Å². The van der Waals surface area contributed by atoms with Crippen LogP contribution in [-0.2, 0) is 32.6 Å². The van der Waals surface area contributed by atoms with Gasteiger partial charge in [-0.1, -0.05) is 89.4 Å². The van der Waals surface area contributed by atoms with Crippen LogP contribution in [0.1, 0.15) is 22.3 Å². The molecule has 0 fully saturated rings. The third-order valence-electron chi connectivity index (χ3n) is 7.05. The van der Waals surface area contributed by atoms with Crippen LogP contribution in [-0.4, -0.2) is 44.8 Å². The maximum Gasteiger partial charge on any atom is 0.264 e. The molecule has 0 aromatic heterocycles. The third kappa shape index (κ3) is 7.96. The summed E-state index contributed by atoms with van der Waals surface area (Å²) in [4.78, 5) is 29.1. The van der Waals surface area contributed by atoms with Gasteiger partial charge in [-0.3, -0.25) is 13.9 Å². The summed E-state index contributed by atoms with van der Waals surface area (Å²) < 4.78 is 29.2. The first-order chi connectivity index (χ1) is 20.5. The van der Waals surface area contributed by atoms with Gasteiger partial charge in [0.15, 0.2) is 0 Å². The van der Waals surface area contributed by atoms with Crippen molar-refractivity contribution in [3.63, 3.8) is 0 Å². The number of nitrogens with one attached hydrogen (secondary N) is 1. The molecule has 43 heavy (non-hydrogen) atoms. The molecule has 1 N–H and O–H groups in total. The molecule has 2 amide bonds. The summed E-state index contributed by atoms with van der Waals surface area (Å²) >= 11 is 12.6. The Morgan fingerprint density at radius 2 is 1.53 bits per heavy atom. The molecule has 0 heterocycles. The second kappa shape index (κ2) is 14.1. The molecule has 4 rings (SSSR count). The molecule has 0 aliphatic rings. The van der Waals surface area contributed by atoms with Gasteiger partial charge >= 0.3 is 0 Å². The molecular weight excluding hydrogens is 605 g/mol. The van der Waals surface area contributed by atoms with Crippen molar-refractivity contribution in [1.29, 1.82) is 0 Å². The molecule has 4 aromatic rings. The summed E-state index contributed by atoms with van der Waals surface area (Å²) in [6.07, 6.45) is 0.201. The highest BCUT2D eigenvalue weighted by Gasteiger charge is 2.34. The molecule has 224 valence electrons. The highest BCUT2D eigenvalue weighted by molar-refractivity contribution is 7.92. The predicted molar refractivity (Wildman–Crippen MR) is 172 cm³/mol. The summed E-state index contributed by atoms with van der Waals surface area (Å²) in [6.45, 7) is 3.11. The second-order valence-electron chi connectivity index (χ2n) is 10.2. The summed E-state index contributed by atoms with van der Waals surface area (Å²) in [5.41, 5.74) is 3.45. The number of aryl methyl sites for hydroxylation is 2. The van der Waals surface area contributed by atoms with Crippen LogP contribution in [0.5, 0.6) is 0 Å². The number of amides is 2. The Morgan fingerprint density at radius 1 is 0.837 bits per heavy atom. The molecule has 0 spiro atoms. The van der Waals surface area contributed by atoms with E-state index in [2.05, 4.69) is 5.32 Å². The maximum absolute atomic E-state index is 14.3. The molecule has 0 saturated carbocycles. The number of carbonyl (C=O) groups excluding carboxylic acids is 2. The zero-order chi connectivity index (χ0) is 31.1. The first kappa shape index (κ1) is 32.1. The van der Waals surface area contributed by atoms with Gasteiger partial charge in [0.1, 0.15) is 12.6 Å². The molecule has 0 radical (unpaired) electrons. The monoisotopic (exact) mass is 637 g/mol. The van der Waals surface area contributed by atoms with Gasteiger partial charge in [0.05, 0.1) is 10.6 Å². The van der Waals surface area contributed by atoms with E-state index in [-0.39, 0.29) is 17.9 Å². The fraction of sp³-hybridized carbons (Fsp3) is 0.212. The lowest BCUT2D eigenvalue weighted by Crippen LogP contribution is -2.53. The van der Waals surface area contributed by atoms with Gasteiger partial charge in [-0.2, -0.15) is 0 Å². The first-order valence-electron chi connectivity index (χ1n) is 13.6. The zero-order valence-electron chi connectivity index (χ0n) is 24.1. The maximum atomic E-state index is 14.3. The fourth-order valence-corrected chi connectivity index (χ4v) is 6.58. The van der Waals surface area contributed by atoms with Crippen LogP contribution in [0.25, 0.3) is 0 Å². The van der Waals surface area contributed by atoms with E-state index in [9.17, 15) is 18.0 Å². The minimum atomic E-state index is -4.17. The van der Waals surface area contributed by atoms with Crippen LogP contribution in [0.3, 0.4) is 0 Å². The Bertz CT molecular complexity index is 1700. The highest BCUT2D eigenvalue weighted by Crippen LogP contribution is 2.27. The number of anilines is 1. The van der Waals surface area contributed by atoms with Crippen molar-refractivity contribution >= 4 is 50.7 Å². The van der Waals surface area contributed by atoms with Crippen molar-refractivity contribution in [3.8, 4) is 0 Å². The zero-order valence-corrected chi connectivity index (χ0v) is 26.5. The molecular formula is C33H33Cl2N3O4S. The third-order valence-corrected chi connectivity index (χ3v) is 9.43. The van der Waals surface area contributed by atoms with Crippen LogP contribution in [0.2, 0.25) is 10.0 Å². The molecule has 4 aromatic carbocycles. The number of nitrogens with zero attached hydrogens (tertiary/aromatic N) is 2. The lowest BCUT2D eigenvalue weighted by molar-refractivity contribution is -0.139. The number of rotatable bonds is 11. The number of sulfonamides is 1. The topological polar surface area (TPSA) is 86.8 Å². The van der Waals surface area contributed by atoms with Gasteiger partial charge in [0.2, 0.25) is 11.8 Å². The largest absolute Gasteiger partial charge is 0.357 e. The van der Waals surface area contributed by atoms with Gasteiger partial charge in [-0.25, -0.2) is 8.42 Å².